The molecule has 0 N–H and O–H groups in total. The summed E-state index contributed by atoms with van der Waals surface area (Å²) in [5.41, 5.74) is -1.15. The molecular formula is C5H6Cl2N2O3. The highest BCUT2D eigenvalue weighted by atomic mass is 35.5. The zero-order valence-corrected chi connectivity index (χ0v) is 7.89. The zero-order valence-electron chi connectivity index (χ0n) is 6.38. The maximum Gasteiger partial charge on any atom is 0.429 e. The molecule has 12 heavy (non-hydrogen) atoms. The van der Waals surface area contributed by atoms with Crippen molar-refractivity contribution in [2.24, 2.45) is 5.16 Å². The predicted octanol–water partition coefficient (Wildman–Crippen LogP) is 1.00. The van der Waals surface area contributed by atoms with E-state index in [9.17, 15) is 9.59 Å². The first kappa shape index (κ1) is 11.2. The van der Waals surface area contributed by atoms with Crippen LogP contribution in [0.15, 0.2) is 5.16 Å². The number of halogens is 2. The van der Waals surface area contributed by atoms with Gasteiger partial charge in [0.05, 0.1) is 0 Å². The lowest BCUT2D eigenvalue weighted by molar-refractivity contribution is -0.121. The first-order chi connectivity index (χ1) is 5.45. The molecule has 0 fully saturated rings. The summed E-state index contributed by atoms with van der Waals surface area (Å²) in [6.07, 6.45) is 0. The van der Waals surface area contributed by atoms with Crippen LogP contribution >= 0.6 is 23.2 Å². The minimum absolute atomic E-state index is 0.464. The summed E-state index contributed by atoms with van der Waals surface area (Å²) in [5, 5.41) is 2.49. The highest BCUT2D eigenvalue weighted by Crippen LogP contribution is 1.95. The molecule has 0 saturated heterocycles. The Labute approximate surface area is 78.9 Å². The van der Waals surface area contributed by atoms with Crippen LogP contribution in [0.2, 0.25) is 0 Å². The summed E-state index contributed by atoms with van der Waals surface area (Å²) in [6.45, 7) is 0. The van der Waals surface area contributed by atoms with Crippen LogP contribution in [-0.2, 0) is 9.63 Å². The maximum absolute atomic E-state index is 10.9. The van der Waals surface area contributed by atoms with E-state index in [4.69, 9.17) is 23.2 Å². The minimum Gasteiger partial charge on any atom is -0.343 e. The van der Waals surface area contributed by atoms with Crippen molar-refractivity contribution in [3.05, 3.63) is 0 Å². The molecule has 0 aliphatic carbocycles. The van der Waals surface area contributed by atoms with Crippen molar-refractivity contribution in [2.45, 2.75) is 0 Å². The molecule has 0 rings (SSSR count). The van der Waals surface area contributed by atoms with E-state index in [-0.39, 0.29) is 0 Å². The topological polar surface area (TPSA) is 59.0 Å². The molecule has 68 valence electrons. The van der Waals surface area contributed by atoms with Crippen LogP contribution in [0.4, 0.5) is 4.79 Å². The van der Waals surface area contributed by atoms with Crippen LogP contribution in [0.1, 0.15) is 0 Å². The van der Waals surface area contributed by atoms with Gasteiger partial charge in [-0.15, -0.1) is 0 Å². The third-order valence-corrected chi connectivity index (χ3v) is 1.08. The largest absolute Gasteiger partial charge is 0.429 e. The van der Waals surface area contributed by atoms with E-state index in [1.54, 1.807) is 0 Å². The Morgan fingerprint density at radius 3 is 2.17 bits per heavy atom. The fourth-order valence-corrected chi connectivity index (χ4v) is 0.538. The molecule has 0 bridgehead atoms. The molecule has 0 aromatic carbocycles. The van der Waals surface area contributed by atoms with Crippen LogP contribution in [0.5, 0.6) is 0 Å². The standard InChI is InChI=1S/C5H6Cl2N2O3/c1-9(2)4(10)3(6)8-12-5(7)11/h1-2H3. The molecule has 0 aromatic heterocycles. The van der Waals surface area contributed by atoms with Crippen molar-refractivity contribution in [2.75, 3.05) is 14.1 Å². The Balaban J connectivity index is 4.18. The Morgan fingerprint density at radius 2 is 1.83 bits per heavy atom. The van der Waals surface area contributed by atoms with Crippen LogP contribution in [0, 0.1) is 0 Å². The van der Waals surface area contributed by atoms with Gasteiger partial charge in [0.15, 0.2) is 0 Å². The summed E-state index contributed by atoms with van der Waals surface area (Å²) in [6, 6.07) is 0. The van der Waals surface area contributed by atoms with Crippen molar-refractivity contribution in [1.82, 2.24) is 4.90 Å². The number of carbonyl (C=O) groups excluding carboxylic acids is 2. The fourth-order valence-electron chi connectivity index (χ4n) is 0.300. The lowest BCUT2D eigenvalue weighted by atomic mass is 10.6. The number of rotatable bonds is 2. The molecule has 0 spiro atoms. The summed E-state index contributed by atoms with van der Waals surface area (Å²) in [4.78, 5) is 26.0. The summed E-state index contributed by atoms with van der Waals surface area (Å²) < 4.78 is 0. The van der Waals surface area contributed by atoms with Gasteiger partial charge >= 0.3 is 5.43 Å². The molecule has 0 unspecified atom stereocenters. The molecule has 0 aliphatic heterocycles. The summed E-state index contributed by atoms with van der Waals surface area (Å²) >= 11 is 10.0. The average molecular weight is 213 g/mol. The molecule has 0 atom stereocenters. The van der Waals surface area contributed by atoms with Gasteiger partial charge in [0.25, 0.3) is 5.91 Å². The Kier molecular flexibility index (Phi) is 4.61. The van der Waals surface area contributed by atoms with Gasteiger partial charge in [-0.3, -0.25) is 4.79 Å². The maximum atomic E-state index is 10.9. The quantitative estimate of drug-likeness (QED) is 0.297. The van der Waals surface area contributed by atoms with Gasteiger partial charge in [-0.25, -0.2) is 4.79 Å². The van der Waals surface area contributed by atoms with Crippen molar-refractivity contribution in [3.8, 4) is 0 Å². The van der Waals surface area contributed by atoms with E-state index < -0.39 is 16.5 Å². The summed E-state index contributed by atoms with van der Waals surface area (Å²) in [5.74, 6) is -0.574. The van der Waals surface area contributed by atoms with E-state index in [0.29, 0.717) is 0 Å². The second-order valence-corrected chi connectivity index (χ2v) is 2.58. The highest BCUT2D eigenvalue weighted by Gasteiger charge is 2.11. The molecule has 0 aliphatic rings. The SMILES string of the molecule is CN(C)C(=O)C(Cl)=NOC(=O)Cl. The second kappa shape index (κ2) is 4.95. The van der Waals surface area contributed by atoms with Crippen molar-refractivity contribution >= 4 is 39.7 Å². The van der Waals surface area contributed by atoms with Gasteiger partial charge in [0.1, 0.15) is 0 Å². The molecule has 0 aromatic rings. The molecule has 7 heteroatoms. The first-order valence-electron chi connectivity index (χ1n) is 2.76. The average Bonchev–Trinajstić information content (AvgIpc) is 1.98. The smallest absolute Gasteiger partial charge is 0.343 e. The lowest BCUT2D eigenvalue weighted by Gasteiger charge is -2.06. The number of hydrogen-bond donors (Lipinski definition) is 0. The monoisotopic (exact) mass is 212 g/mol. The fraction of sp³-hybridized carbons (Fsp3) is 0.400. The number of amides is 1. The molecular weight excluding hydrogens is 207 g/mol. The molecule has 0 radical (unpaired) electrons. The van der Waals surface area contributed by atoms with Gasteiger partial charge < -0.3 is 9.74 Å². The van der Waals surface area contributed by atoms with Crippen LogP contribution in [0.25, 0.3) is 0 Å². The Bertz CT molecular complexity index is 227. The Hall–Kier alpha value is -0.810. The number of hydrogen-bond acceptors (Lipinski definition) is 4. The van der Waals surface area contributed by atoms with Gasteiger partial charge in [0, 0.05) is 25.7 Å². The highest BCUT2D eigenvalue weighted by molar-refractivity contribution is 6.82. The van der Waals surface area contributed by atoms with Crippen LogP contribution in [0.3, 0.4) is 0 Å². The van der Waals surface area contributed by atoms with Gasteiger partial charge in [0.2, 0.25) is 5.17 Å². The van der Waals surface area contributed by atoms with Crippen molar-refractivity contribution in [1.29, 1.82) is 0 Å². The Morgan fingerprint density at radius 1 is 1.33 bits per heavy atom. The third kappa shape index (κ3) is 4.15. The molecule has 0 saturated carbocycles. The number of carbonyl (C=O) groups is 2. The van der Waals surface area contributed by atoms with E-state index in [1.807, 2.05) is 0 Å². The van der Waals surface area contributed by atoms with Gasteiger partial charge in [-0.2, -0.15) is 0 Å². The predicted molar refractivity (Wildman–Crippen MR) is 44.3 cm³/mol. The number of oxime groups is 1. The normalized spacial score (nSPS) is 10.8. The molecule has 1 amide bonds. The summed E-state index contributed by atoms with van der Waals surface area (Å²) in [7, 11) is 2.95. The van der Waals surface area contributed by atoms with Crippen molar-refractivity contribution < 1.29 is 14.4 Å². The van der Waals surface area contributed by atoms with E-state index in [2.05, 4.69) is 9.99 Å². The lowest BCUT2D eigenvalue weighted by Crippen LogP contribution is -2.27. The zero-order chi connectivity index (χ0) is 9.72. The second-order valence-electron chi connectivity index (χ2n) is 1.91. The molecule has 5 nitrogen and oxygen atoms in total. The van der Waals surface area contributed by atoms with Crippen LogP contribution < -0.4 is 0 Å². The number of nitrogens with zero attached hydrogens (tertiary/aromatic N) is 2. The van der Waals surface area contributed by atoms with Crippen molar-refractivity contribution in [3.63, 3.8) is 0 Å². The van der Waals surface area contributed by atoms with Gasteiger partial charge in [-0.1, -0.05) is 16.8 Å². The third-order valence-electron chi connectivity index (χ3n) is 0.780. The first-order valence-corrected chi connectivity index (χ1v) is 3.52. The minimum atomic E-state index is -1.15. The van der Waals surface area contributed by atoms with Crippen LogP contribution in [-0.4, -0.2) is 35.5 Å². The van der Waals surface area contributed by atoms with E-state index in [0.717, 1.165) is 0 Å². The molecule has 0 heterocycles. The van der Waals surface area contributed by atoms with E-state index >= 15 is 0 Å². The van der Waals surface area contributed by atoms with E-state index in [1.165, 1.54) is 19.0 Å². The van der Waals surface area contributed by atoms with Gasteiger partial charge in [-0.05, 0) is 0 Å².